The number of nitrogens with two attached hydrogens (primary N) is 1. The van der Waals surface area contributed by atoms with Gasteiger partial charge in [-0.1, -0.05) is 0 Å². The third-order valence-corrected chi connectivity index (χ3v) is 5.57. The van der Waals surface area contributed by atoms with Crippen molar-refractivity contribution in [3.8, 4) is 0 Å². The lowest BCUT2D eigenvalue weighted by Gasteiger charge is -2.35. The Morgan fingerprint density at radius 3 is 2.37 bits per heavy atom. The highest BCUT2D eigenvalue weighted by molar-refractivity contribution is 7.89. The van der Waals surface area contributed by atoms with E-state index in [1.807, 2.05) is 4.90 Å². The molecule has 0 bridgehead atoms. The van der Waals surface area contributed by atoms with Gasteiger partial charge in [0, 0.05) is 45.1 Å². The van der Waals surface area contributed by atoms with Crippen molar-refractivity contribution < 1.29 is 8.42 Å². The van der Waals surface area contributed by atoms with Gasteiger partial charge >= 0.3 is 0 Å². The molecular weight excluding hydrogens is 266 g/mol. The van der Waals surface area contributed by atoms with Gasteiger partial charge < -0.3 is 10.6 Å². The molecule has 1 aromatic heterocycles. The van der Waals surface area contributed by atoms with E-state index < -0.39 is 15.3 Å². The van der Waals surface area contributed by atoms with Gasteiger partial charge in [0.05, 0.1) is 5.25 Å². The quantitative estimate of drug-likeness (QED) is 0.784. The van der Waals surface area contributed by atoms with Crippen LogP contribution in [0.25, 0.3) is 0 Å². The Labute approximate surface area is 113 Å². The first-order chi connectivity index (χ1) is 9.05. The Hall–Kier alpha value is -1.25. The van der Waals surface area contributed by atoms with Gasteiger partial charge in [0.2, 0.25) is 16.0 Å². The molecule has 2 rings (SSSR count). The maximum absolute atomic E-state index is 12.2. The summed E-state index contributed by atoms with van der Waals surface area (Å²) in [5, 5.41) is -0.535. The van der Waals surface area contributed by atoms with Crippen LogP contribution >= 0.6 is 0 Å². The van der Waals surface area contributed by atoms with E-state index in [0.29, 0.717) is 32.1 Å². The van der Waals surface area contributed by atoms with Crippen molar-refractivity contribution in [2.24, 2.45) is 5.73 Å². The summed E-state index contributed by atoms with van der Waals surface area (Å²) in [6, 6.07) is 1.76. The molecule has 0 radical (unpaired) electrons. The fraction of sp³-hybridized carbons (Fsp3) is 0.636. The second-order valence-corrected chi connectivity index (χ2v) is 6.88. The molecule has 0 saturated carbocycles. The third-order valence-electron chi connectivity index (χ3n) is 3.27. The SMILES string of the molecule is CC(CN)S(=O)(=O)N1CCN(c2ncccn2)CC1. The number of aromatic nitrogens is 2. The molecule has 0 amide bonds. The Morgan fingerprint density at radius 1 is 1.26 bits per heavy atom. The molecule has 1 atom stereocenters. The first-order valence-corrected chi connectivity index (χ1v) is 7.77. The van der Waals surface area contributed by atoms with E-state index in [1.165, 1.54) is 4.31 Å². The summed E-state index contributed by atoms with van der Waals surface area (Å²) in [5.41, 5.74) is 5.45. The summed E-state index contributed by atoms with van der Waals surface area (Å²) in [5.74, 6) is 0.645. The second kappa shape index (κ2) is 5.81. The first-order valence-electron chi connectivity index (χ1n) is 6.26. The molecule has 1 aromatic rings. The fourth-order valence-electron chi connectivity index (χ4n) is 1.97. The summed E-state index contributed by atoms with van der Waals surface area (Å²) < 4.78 is 25.8. The van der Waals surface area contributed by atoms with Crippen LogP contribution in [0.3, 0.4) is 0 Å². The number of nitrogens with zero attached hydrogens (tertiary/aromatic N) is 4. The zero-order valence-corrected chi connectivity index (χ0v) is 11.8. The number of rotatable bonds is 4. The molecule has 0 aliphatic carbocycles. The molecule has 19 heavy (non-hydrogen) atoms. The van der Waals surface area contributed by atoms with Crippen molar-refractivity contribution in [3.63, 3.8) is 0 Å². The Kier molecular flexibility index (Phi) is 4.33. The Bertz CT molecular complexity index is 499. The predicted molar refractivity (Wildman–Crippen MR) is 73.3 cm³/mol. The minimum Gasteiger partial charge on any atom is -0.338 e. The molecule has 2 N–H and O–H groups in total. The predicted octanol–water partition coefficient (Wildman–Crippen LogP) is -0.724. The number of hydrogen-bond donors (Lipinski definition) is 1. The fourth-order valence-corrected chi connectivity index (χ4v) is 3.40. The monoisotopic (exact) mass is 285 g/mol. The largest absolute Gasteiger partial charge is 0.338 e. The van der Waals surface area contributed by atoms with E-state index in [-0.39, 0.29) is 6.54 Å². The smallest absolute Gasteiger partial charge is 0.225 e. The lowest BCUT2D eigenvalue weighted by Crippen LogP contribution is -2.52. The van der Waals surface area contributed by atoms with Crippen LogP contribution in [0.2, 0.25) is 0 Å². The molecule has 1 unspecified atom stereocenters. The summed E-state index contributed by atoms with van der Waals surface area (Å²) in [7, 11) is -3.28. The minimum atomic E-state index is -3.28. The molecule has 1 aliphatic heterocycles. The molecule has 1 aliphatic rings. The molecule has 0 aromatic carbocycles. The van der Waals surface area contributed by atoms with Crippen LogP contribution in [0.5, 0.6) is 0 Å². The highest BCUT2D eigenvalue weighted by Gasteiger charge is 2.31. The highest BCUT2D eigenvalue weighted by atomic mass is 32.2. The van der Waals surface area contributed by atoms with Crippen molar-refractivity contribution >= 4 is 16.0 Å². The van der Waals surface area contributed by atoms with E-state index in [4.69, 9.17) is 5.73 Å². The van der Waals surface area contributed by atoms with Gasteiger partial charge in [-0.25, -0.2) is 18.4 Å². The maximum Gasteiger partial charge on any atom is 0.225 e. The van der Waals surface area contributed by atoms with Crippen LogP contribution in [-0.2, 0) is 10.0 Å². The van der Waals surface area contributed by atoms with Gasteiger partial charge in [-0.3, -0.25) is 0 Å². The van der Waals surface area contributed by atoms with Crippen LogP contribution in [-0.4, -0.2) is 60.7 Å². The van der Waals surface area contributed by atoms with E-state index in [2.05, 4.69) is 9.97 Å². The Balaban J connectivity index is 2.00. The summed E-state index contributed by atoms with van der Waals surface area (Å²) in [4.78, 5) is 10.3. The zero-order chi connectivity index (χ0) is 13.9. The molecule has 0 spiro atoms. The van der Waals surface area contributed by atoms with Gasteiger partial charge in [0.15, 0.2) is 0 Å². The van der Waals surface area contributed by atoms with Gasteiger partial charge in [-0.05, 0) is 13.0 Å². The average molecular weight is 285 g/mol. The van der Waals surface area contributed by atoms with Crippen LogP contribution in [0, 0.1) is 0 Å². The van der Waals surface area contributed by atoms with Gasteiger partial charge in [0.1, 0.15) is 0 Å². The molecule has 8 heteroatoms. The summed E-state index contributed by atoms with van der Waals surface area (Å²) >= 11 is 0. The lowest BCUT2D eigenvalue weighted by atomic mass is 10.4. The first kappa shape index (κ1) is 14.2. The number of hydrogen-bond acceptors (Lipinski definition) is 6. The highest BCUT2D eigenvalue weighted by Crippen LogP contribution is 2.14. The van der Waals surface area contributed by atoms with Crippen LogP contribution < -0.4 is 10.6 Å². The van der Waals surface area contributed by atoms with E-state index in [0.717, 1.165) is 0 Å². The topological polar surface area (TPSA) is 92.4 Å². The molecule has 7 nitrogen and oxygen atoms in total. The summed E-state index contributed by atoms with van der Waals surface area (Å²) in [6.07, 6.45) is 3.36. The molecule has 106 valence electrons. The van der Waals surface area contributed by atoms with Gasteiger partial charge in [-0.15, -0.1) is 0 Å². The Morgan fingerprint density at radius 2 is 1.84 bits per heavy atom. The van der Waals surface area contributed by atoms with Crippen molar-refractivity contribution in [1.82, 2.24) is 14.3 Å². The van der Waals surface area contributed by atoms with Crippen LogP contribution in [0.4, 0.5) is 5.95 Å². The second-order valence-electron chi connectivity index (χ2n) is 4.53. The van der Waals surface area contributed by atoms with Crippen molar-refractivity contribution in [2.45, 2.75) is 12.2 Å². The number of anilines is 1. The van der Waals surface area contributed by atoms with Crippen LogP contribution in [0.1, 0.15) is 6.92 Å². The minimum absolute atomic E-state index is 0.143. The molecule has 1 fully saturated rings. The van der Waals surface area contributed by atoms with E-state index in [1.54, 1.807) is 25.4 Å². The maximum atomic E-state index is 12.2. The third kappa shape index (κ3) is 3.02. The van der Waals surface area contributed by atoms with E-state index in [9.17, 15) is 8.42 Å². The summed E-state index contributed by atoms with van der Waals surface area (Å²) in [6.45, 7) is 3.88. The van der Waals surface area contributed by atoms with Crippen LogP contribution in [0.15, 0.2) is 18.5 Å². The number of piperazine rings is 1. The van der Waals surface area contributed by atoms with E-state index >= 15 is 0 Å². The van der Waals surface area contributed by atoms with Gasteiger partial charge in [-0.2, -0.15) is 4.31 Å². The molecule has 2 heterocycles. The average Bonchev–Trinajstić information content (AvgIpc) is 2.47. The molecular formula is C11H19N5O2S. The number of sulfonamides is 1. The lowest BCUT2D eigenvalue weighted by molar-refractivity contribution is 0.378. The normalized spacial score (nSPS) is 19.4. The zero-order valence-electron chi connectivity index (χ0n) is 10.9. The standard InChI is InChI=1S/C11H19N5O2S/c1-10(9-12)19(17,18)16-7-5-15(6-8-16)11-13-3-2-4-14-11/h2-4,10H,5-9,12H2,1H3. The van der Waals surface area contributed by atoms with Crippen molar-refractivity contribution in [1.29, 1.82) is 0 Å². The van der Waals surface area contributed by atoms with Crippen molar-refractivity contribution in [3.05, 3.63) is 18.5 Å². The molecule has 1 saturated heterocycles. The van der Waals surface area contributed by atoms with Crippen molar-refractivity contribution in [2.75, 3.05) is 37.6 Å². The van der Waals surface area contributed by atoms with Gasteiger partial charge in [0.25, 0.3) is 0 Å².